The lowest BCUT2D eigenvalue weighted by Gasteiger charge is -2.25. The minimum Gasteiger partial charge on any atom is -0.349 e. The summed E-state index contributed by atoms with van der Waals surface area (Å²) < 4.78 is 0. The number of nitro groups is 1. The maximum Gasteiger partial charge on any atom is 0.270 e. The van der Waals surface area contributed by atoms with Crippen LogP contribution in [-0.4, -0.2) is 16.9 Å². The second-order valence-corrected chi connectivity index (χ2v) is 5.71. The molecule has 0 aliphatic carbocycles. The summed E-state index contributed by atoms with van der Waals surface area (Å²) in [6.07, 6.45) is 3.00. The Kier molecular flexibility index (Phi) is 6.09. The van der Waals surface area contributed by atoms with E-state index in [-0.39, 0.29) is 17.6 Å². The van der Waals surface area contributed by atoms with E-state index < -0.39 is 4.92 Å². The SMILES string of the molecule is CC(C)C(NC(=O)/C=C/c1cccc([N+](=O)[O-])c1)C(C)C. The van der Waals surface area contributed by atoms with E-state index in [4.69, 9.17) is 0 Å². The Morgan fingerprint density at radius 1 is 1.24 bits per heavy atom. The molecule has 5 heteroatoms. The minimum absolute atomic E-state index is 0.0137. The fourth-order valence-electron chi connectivity index (χ4n) is 2.23. The molecule has 0 unspecified atom stereocenters. The predicted octanol–water partition coefficient (Wildman–Crippen LogP) is 3.40. The first-order valence-corrected chi connectivity index (χ1v) is 7.04. The van der Waals surface area contributed by atoms with Gasteiger partial charge in [-0.25, -0.2) is 0 Å². The van der Waals surface area contributed by atoms with Crippen molar-refractivity contribution in [3.05, 3.63) is 46.0 Å². The highest BCUT2D eigenvalue weighted by molar-refractivity contribution is 5.92. The maximum atomic E-state index is 11.9. The minimum atomic E-state index is -0.453. The fraction of sp³-hybridized carbons (Fsp3) is 0.438. The standard InChI is InChI=1S/C16H22N2O3/c1-11(2)16(12(3)4)17-15(19)9-8-13-6-5-7-14(10-13)18(20)21/h5-12,16H,1-4H3,(H,17,19)/b9-8+. The lowest BCUT2D eigenvalue weighted by molar-refractivity contribution is -0.384. The first-order chi connectivity index (χ1) is 9.81. The number of nitro benzene ring substituents is 1. The van der Waals surface area contributed by atoms with Crippen LogP contribution < -0.4 is 5.32 Å². The van der Waals surface area contributed by atoms with Crippen molar-refractivity contribution in [1.29, 1.82) is 0 Å². The lowest BCUT2D eigenvalue weighted by Crippen LogP contribution is -2.41. The summed E-state index contributed by atoms with van der Waals surface area (Å²) in [7, 11) is 0. The van der Waals surface area contributed by atoms with E-state index in [1.807, 2.05) is 0 Å². The van der Waals surface area contributed by atoms with Gasteiger partial charge in [-0.1, -0.05) is 39.8 Å². The normalized spacial score (nSPS) is 11.6. The Labute approximate surface area is 125 Å². The van der Waals surface area contributed by atoms with Crippen LogP contribution in [0.3, 0.4) is 0 Å². The number of hydrogen-bond donors (Lipinski definition) is 1. The molecule has 0 radical (unpaired) electrons. The van der Waals surface area contributed by atoms with Crippen LogP contribution in [0.2, 0.25) is 0 Å². The zero-order chi connectivity index (χ0) is 16.0. The average Bonchev–Trinajstić information content (AvgIpc) is 2.42. The van der Waals surface area contributed by atoms with E-state index in [9.17, 15) is 14.9 Å². The molecule has 0 atom stereocenters. The Morgan fingerprint density at radius 2 is 1.86 bits per heavy atom. The van der Waals surface area contributed by atoms with Gasteiger partial charge in [-0.15, -0.1) is 0 Å². The highest BCUT2D eigenvalue weighted by Crippen LogP contribution is 2.15. The van der Waals surface area contributed by atoms with Crippen LogP contribution in [0.4, 0.5) is 5.69 Å². The Bertz CT molecular complexity index is 528. The van der Waals surface area contributed by atoms with Crippen LogP contribution in [0.25, 0.3) is 6.08 Å². The van der Waals surface area contributed by atoms with Crippen molar-refractivity contribution in [2.24, 2.45) is 11.8 Å². The molecule has 0 aliphatic heterocycles. The van der Waals surface area contributed by atoms with E-state index >= 15 is 0 Å². The molecule has 0 aromatic heterocycles. The molecule has 0 saturated heterocycles. The summed E-state index contributed by atoms with van der Waals surface area (Å²) in [5, 5.41) is 13.7. The van der Waals surface area contributed by atoms with Crippen molar-refractivity contribution in [2.75, 3.05) is 0 Å². The molecular weight excluding hydrogens is 268 g/mol. The van der Waals surface area contributed by atoms with E-state index in [1.54, 1.807) is 18.2 Å². The third-order valence-electron chi connectivity index (χ3n) is 3.25. The highest BCUT2D eigenvalue weighted by Gasteiger charge is 2.18. The summed E-state index contributed by atoms with van der Waals surface area (Å²) in [5.74, 6) is 0.509. The van der Waals surface area contributed by atoms with Gasteiger partial charge in [0.1, 0.15) is 0 Å². The van der Waals surface area contributed by atoms with Gasteiger partial charge in [-0.2, -0.15) is 0 Å². The summed E-state index contributed by atoms with van der Waals surface area (Å²) in [6, 6.07) is 6.28. The van der Waals surface area contributed by atoms with Gasteiger partial charge in [0.15, 0.2) is 0 Å². The number of nitrogens with zero attached hydrogens (tertiary/aromatic N) is 1. The number of hydrogen-bond acceptors (Lipinski definition) is 3. The number of rotatable bonds is 6. The number of carbonyl (C=O) groups excluding carboxylic acids is 1. The molecule has 21 heavy (non-hydrogen) atoms. The molecule has 0 aliphatic rings. The van der Waals surface area contributed by atoms with E-state index in [1.165, 1.54) is 18.2 Å². The van der Waals surface area contributed by atoms with Gasteiger partial charge in [0.25, 0.3) is 5.69 Å². The molecular formula is C16H22N2O3. The molecule has 1 aromatic carbocycles. The molecule has 1 amide bonds. The molecule has 1 rings (SSSR count). The van der Waals surface area contributed by atoms with Gasteiger partial charge < -0.3 is 5.32 Å². The quantitative estimate of drug-likeness (QED) is 0.496. The van der Waals surface area contributed by atoms with Gasteiger partial charge in [-0.05, 0) is 23.5 Å². The second kappa shape index (κ2) is 7.57. The third kappa shape index (κ3) is 5.38. The zero-order valence-corrected chi connectivity index (χ0v) is 12.9. The smallest absolute Gasteiger partial charge is 0.270 e. The van der Waals surface area contributed by atoms with Crippen molar-refractivity contribution in [2.45, 2.75) is 33.7 Å². The predicted molar refractivity (Wildman–Crippen MR) is 83.7 cm³/mol. The number of carbonyl (C=O) groups is 1. The molecule has 114 valence electrons. The highest BCUT2D eigenvalue weighted by atomic mass is 16.6. The molecule has 1 N–H and O–H groups in total. The molecule has 0 spiro atoms. The zero-order valence-electron chi connectivity index (χ0n) is 12.9. The Balaban J connectivity index is 2.74. The summed E-state index contributed by atoms with van der Waals surface area (Å²) in [5.41, 5.74) is 0.643. The van der Waals surface area contributed by atoms with E-state index in [0.717, 1.165) is 0 Å². The summed E-state index contributed by atoms with van der Waals surface area (Å²) >= 11 is 0. The molecule has 5 nitrogen and oxygen atoms in total. The summed E-state index contributed by atoms with van der Waals surface area (Å²) in [6.45, 7) is 8.26. The number of non-ortho nitro benzene ring substituents is 1. The van der Waals surface area contributed by atoms with Crippen LogP contribution in [0.5, 0.6) is 0 Å². The van der Waals surface area contributed by atoms with Crippen LogP contribution in [0.1, 0.15) is 33.3 Å². The molecule has 0 saturated carbocycles. The van der Waals surface area contributed by atoms with Crippen molar-refractivity contribution in [3.63, 3.8) is 0 Å². The largest absolute Gasteiger partial charge is 0.349 e. The first-order valence-electron chi connectivity index (χ1n) is 7.04. The number of amides is 1. The monoisotopic (exact) mass is 290 g/mol. The Morgan fingerprint density at radius 3 is 2.38 bits per heavy atom. The molecule has 0 fully saturated rings. The molecule has 0 heterocycles. The van der Waals surface area contributed by atoms with Gasteiger partial charge in [0.05, 0.1) is 4.92 Å². The fourth-order valence-corrected chi connectivity index (χ4v) is 2.23. The van der Waals surface area contributed by atoms with Crippen LogP contribution >= 0.6 is 0 Å². The van der Waals surface area contributed by atoms with Gasteiger partial charge >= 0.3 is 0 Å². The lowest BCUT2D eigenvalue weighted by atomic mass is 9.93. The molecule has 1 aromatic rings. The Hall–Kier alpha value is -2.17. The van der Waals surface area contributed by atoms with Crippen molar-refractivity contribution < 1.29 is 9.72 Å². The second-order valence-electron chi connectivity index (χ2n) is 5.71. The van der Waals surface area contributed by atoms with Crippen molar-refractivity contribution in [3.8, 4) is 0 Å². The van der Waals surface area contributed by atoms with E-state index in [2.05, 4.69) is 33.0 Å². The summed E-state index contributed by atoms with van der Waals surface area (Å²) in [4.78, 5) is 22.2. The average molecular weight is 290 g/mol. The van der Waals surface area contributed by atoms with Crippen LogP contribution in [0.15, 0.2) is 30.3 Å². The first kappa shape index (κ1) is 16.9. The van der Waals surface area contributed by atoms with Gasteiger partial charge in [-0.3, -0.25) is 14.9 Å². The maximum absolute atomic E-state index is 11.9. The van der Waals surface area contributed by atoms with Gasteiger partial charge in [0.2, 0.25) is 5.91 Å². The third-order valence-corrected chi connectivity index (χ3v) is 3.25. The topological polar surface area (TPSA) is 72.2 Å². The van der Waals surface area contributed by atoms with Crippen LogP contribution in [-0.2, 0) is 4.79 Å². The number of benzene rings is 1. The van der Waals surface area contributed by atoms with Crippen molar-refractivity contribution in [1.82, 2.24) is 5.32 Å². The van der Waals surface area contributed by atoms with Gasteiger partial charge in [0, 0.05) is 24.3 Å². The van der Waals surface area contributed by atoms with E-state index in [0.29, 0.717) is 17.4 Å². The number of nitrogens with one attached hydrogen (secondary N) is 1. The molecule has 0 bridgehead atoms. The van der Waals surface area contributed by atoms with Crippen molar-refractivity contribution >= 4 is 17.7 Å². The van der Waals surface area contributed by atoms with Crippen LogP contribution in [0, 0.1) is 22.0 Å².